The summed E-state index contributed by atoms with van der Waals surface area (Å²) in [5, 5.41) is 11.6. The van der Waals surface area contributed by atoms with Crippen molar-refractivity contribution in [3.05, 3.63) is 76.5 Å². The number of nitro benzene ring substituents is 1. The number of non-ortho nitro benzene ring substituents is 1. The lowest BCUT2D eigenvalue weighted by molar-refractivity contribution is -0.384. The van der Waals surface area contributed by atoms with Gasteiger partial charge in [0.2, 0.25) is 0 Å². The summed E-state index contributed by atoms with van der Waals surface area (Å²) < 4.78 is 6.91. The van der Waals surface area contributed by atoms with Crippen LogP contribution in [0, 0.1) is 10.1 Å². The topological polar surface area (TPSA) is 92.7 Å². The number of para-hydroxylation sites is 1. The molecule has 0 radical (unpaired) electrons. The SMILES string of the molecule is O=C(c1ccc(-c2nc3ccccc3s2)o1)N1CCN(c2ccc([N+](=O)[O-])cc2)CC1. The lowest BCUT2D eigenvalue weighted by atomic mass is 10.2. The number of rotatable bonds is 4. The average Bonchev–Trinajstić information content (AvgIpc) is 3.46. The van der Waals surface area contributed by atoms with E-state index >= 15 is 0 Å². The predicted octanol–water partition coefficient (Wildman–Crippen LogP) is 4.43. The number of fused-ring (bicyclic) bond motifs is 1. The van der Waals surface area contributed by atoms with Crippen LogP contribution in [0.1, 0.15) is 10.6 Å². The van der Waals surface area contributed by atoms with Crippen molar-refractivity contribution in [1.82, 2.24) is 9.88 Å². The number of carbonyl (C=O) groups is 1. The highest BCUT2D eigenvalue weighted by Gasteiger charge is 2.25. The van der Waals surface area contributed by atoms with Gasteiger partial charge < -0.3 is 14.2 Å². The van der Waals surface area contributed by atoms with Gasteiger partial charge in [0.15, 0.2) is 16.5 Å². The van der Waals surface area contributed by atoms with Crippen molar-refractivity contribution in [3.8, 4) is 10.8 Å². The standard InChI is InChI=1S/C22H18N4O4S/c27-22(19-10-9-18(30-19)21-23-17-3-1-2-4-20(17)31-21)25-13-11-24(12-14-25)15-5-7-16(8-6-15)26(28)29/h1-10H,11-14H2. The van der Waals surface area contributed by atoms with Crippen molar-refractivity contribution in [1.29, 1.82) is 0 Å². The third kappa shape index (κ3) is 3.75. The minimum absolute atomic E-state index is 0.0688. The number of aromatic nitrogens is 1. The summed E-state index contributed by atoms with van der Waals surface area (Å²) in [6.07, 6.45) is 0. The fourth-order valence-electron chi connectivity index (χ4n) is 3.65. The molecular weight excluding hydrogens is 416 g/mol. The number of furan rings is 1. The number of nitrogens with zero attached hydrogens (tertiary/aromatic N) is 4. The van der Waals surface area contributed by atoms with Gasteiger partial charge in [-0.3, -0.25) is 14.9 Å². The number of benzene rings is 2. The van der Waals surface area contributed by atoms with E-state index in [2.05, 4.69) is 9.88 Å². The van der Waals surface area contributed by atoms with E-state index in [0.29, 0.717) is 37.7 Å². The first-order valence-corrected chi connectivity index (χ1v) is 10.6. The molecule has 1 aliphatic rings. The highest BCUT2D eigenvalue weighted by molar-refractivity contribution is 7.21. The van der Waals surface area contributed by atoms with E-state index in [4.69, 9.17) is 4.42 Å². The molecule has 0 saturated carbocycles. The number of hydrogen-bond acceptors (Lipinski definition) is 7. The summed E-state index contributed by atoms with van der Waals surface area (Å²) in [6.45, 7) is 2.39. The molecule has 3 heterocycles. The lowest BCUT2D eigenvalue weighted by Gasteiger charge is -2.35. The number of anilines is 1. The molecule has 156 valence electrons. The van der Waals surface area contributed by atoms with Gasteiger partial charge in [-0.25, -0.2) is 4.98 Å². The summed E-state index contributed by atoms with van der Waals surface area (Å²) in [7, 11) is 0. The summed E-state index contributed by atoms with van der Waals surface area (Å²) in [5.41, 5.74) is 1.89. The van der Waals surface area contributed by atoms with E-state index in [-0.39, 0.29) is 11.6 Å². The molecule has 0 aliphatic carbocycles. The average molecular weight is 434 g/mol. The van der Waals surface area contributed by atoms with Crippen LogP contribution < -0.4 is 4.90 Å². The Kier molecular flexibility index (Phi) is 4.87. The Morgan fingerprint density at radius 3 is 2.45 bits per heavy atom. The van der Waals surface area contributed by atoms with Crippen molar-refractivity contribution in [3.63, 3.8) is 0 Å². The third-order valence-electron chi connectivity index (χ3n) is 5.31. The lowest BCUT2D eigenvalue weighted by Crippen LogP contribution is -2.48. The van der Waals surface area contributed by atoms with E-state index in [0.717, 1.165) is 20.9 Å². The Balaban J connectivity index is 1.25. The Hall–Kier alpha value is -3.72. The summed E-state index contributed by atoms with van der Waals surface area (Å²) in [5.74, 6) is 0.753. The van der Waals surface area contributed by atoms with Crippen LogP contribution in [0.2, 0.25) is 0 Å². The highest BCUT2D eigenvalue weighted by Crippen LogP contribution is 2.31. The van der Waals surface area contributed by atoms with Gasteiger partial charge in [-0.05, 0) is 36.4 Å². The van der Waals surface area contributed by atoms with Crippen LogP contribution >= 0.6 is 11.3 Å². The molecule has 9 heteroatoms. The Labute approximate surface area is 181 Å². The Morgan fingerprint density at radius 2 is 1.74 bits per heavy atom. The van der Waals surface area contributed by atoms with Gasteiger partial charge in [0.05, 0.1) is 15.1 Å². The van der Waals surface area contributed by atoms with Gasteiger partial charge in [0.25, 0.3) is 11.6 Å². The van der Waals surface area contributed by atoms with Crippen molar-refractivity contribution in [2.45, 2.75) is 0 Å². The normalized spacial score (nSPS) is 14.2. The maximum Gasteiger partial charge on any atom is 0.289 e. The van der Waals surface area contributed by atoms with Gasteiger partial charge in [-0.1, -0.05) is 12.1 Å². The third-order valence-corrected chi connectivity index (χ3v) is 6.36. The van der Waals surface area contributed by atoms with Crippen molar-refractivity contribution >= 4 is 38.8 Å². The first-order valence-electron chi connectivity index (χ1n) is 9.83. The fourth-order valence-corrected chi connectivity index (χ4v) is 4.58. The van der Waals surface area contributed by atoms with Crippen LogP contribution in [0.4, 0.5) is 11.4 Å². The molecule has 1 amide bonds. The second-order valence-electron chi connectivity index (χ2n) is 7.20. The van der Waals surface area contributed by atoms with Crippen LogP contribution in [0.3, 0.4) is 0 Å². The maximum absolute atomic E-state index is 12.9. The molecule has 0 bridgehead atoms. The van der Waals surface area contributed by atoms with E-state index in [1.165, 1.54) is 23.5 Å². The van der Waals surface area contributed by atoms with Crippen molar-refractivity contribution < 1.29 is 14.1 Å². The van der Waals surface area contributed by atoms with E-state index in [1.807, 2.05) is 24.3 Å². The van der Waals surface area contributed by atoms with Crippen LogP contribution in [0.15, 0.2) is 65.1 Å². The van der Waals surface area contributed by atoms with E-state index < -0.39 is 4.92 Å². The van der Waals surface area contributed by atoms with Crippen LogP contribution in [0.5, 0.6) is 0 Å². The van der Waals surface area contributed by atoms with E-state index in [9.17, 15) is 14.9 Å². The summed E-state index contributed by atoms with van der Waals surface area (Å²) in [6, 6.07) is 17.9. The van der Waals surface area contributed by atoms with Crippen molar-refractivity contribution in [2.75, 3.05) is 31.1 Å². The summed E-state index contributed by atoms with van der Waals surface area (Å²) in [4.78, 5) is 31.8. The molecule has 4 aromatic rings. The molecule has 1 saturated heterocycles. The molecule has 0 unspecified atom stereocenters. The molecule has 0 spiro atoms. The first kappa shape index (κ1) is 19.3. The zero-order valence-electron chi connectivity index (χ0n) is 16.4. The molecule has 1 fully saturated rings. The molecule has 2 aromatic carbocycles. The quantitative estimate of drug-likeness (QED) is 0.349. The van der Waals surface area contributed by atoms with Crippen LogP contribution in [-0.4, -0.2) is 46.9 Å². The number of amides is 1. The van der Waals surface area contributed by atoms with Gasteiger partial charge in [-0.2, -0.15) is 0 Å². The number of thiazole rings is 1. The number of nitro groups is 1. The number of carbonyl (C=O) groups excluding carboxylic acids is 1. The number of hydrogen-bond donors (Lipinski definition) is 0. The number of piperazine rings is 1. The van der Waals surface area contributed by atoms with Gasteiger partial charge in [0.1, 0.15) is 0 Å². The largest absolute Gasteiger partial charge is 0.448 e. The minimum atomic E-state index is -0.410. The Bertz CT molecular complexity index is 1220. The maximum atomic E-state index is 12.9. The van der Waals surface area contributed by atoms with Gasteiger partial charge in [-0.15, -0.1) is 11.3 Å². The van der Waals surface area contributed by atoms with Crippen molar-refractivity contribution in [2.24, 2.45) is 0 Å². The van der Waals surface area contributed by atoms with Gasteiger partial charge in [0, 0.05) is 44.0 Å². The molecule has 5 rings (SSSR count). The second kappa shape index (κ2) is 7.84. The molecule has 0 N–H and O–H groups in total. The van der Waals surface area contributed by atoms with E-state index in [1.54, 1.807) is 29.2 Å². The Morgan fingerprint density at radius 1 is 1.00 bits per heavy atom. The molecule has 2 aromatic heterocycles. The first-order chi connectivity index (χ1) is 15.1. The zero-order chi connectivity index (χ0) is 21.4. The molecular formula is C22H18N4O4S. The summed E-state index contributed by atoms with van der Waals surface area (Å²) >= 11 is 1.53. The monoisotopic (exact) mass is 434 g/mol. The highest BCUT2D eigenvalue weighted by atomic mass is 32.1. The second-order valence-corrected chi connectivity index (χ2v) is 8.23. The smallest absolute Gasteiger partial charge is 0.289 e. The predicted molar refractivity (Wildman–Crippen MR) is 119 cm³/mol. The molecule has 8 nitrogen and oxygen atoms in total. The van der Waals surface area contributed by atoms with Gasteiger partial charge >= 0.3 is 0 Å². The molecule has 0 atom stereocenters. The molecule has 1 aliphatic heterocycles. The van der Waals surface area contributed by atoms with Crippen LogP contribution in [0.25, 0.3) is 21.0 Å². The zero-order valence-corrected chi connectivity index (χ0v) is 17.2. The fraction of sp³-hybridized carbons (Fsp3) is 0.182. The minimum Gasteiger partial charge on any atom is -0.448 e. The molecule has 31 heavy (non-hydrogen) atoms. The van der Waals surface area contributed by atoms with Crippen LogP contribution in [-0.2, 0) is 0 Å².